The molecule has 1 fully saturated rings. The summed E-state index contributed by atoms with van der Waals surface area (Å²) in [4.78, 5) is 22.9. The molecule has 0 N–H and O–H groups in total. The fraction of sp³-hybridized carbons (Fsp3) is 0.500. The lowest BCUT2D eigenvalue weighted by atomic mass is 9.84. The maximum Gasteiger partial charge on any atom is 0.416 e. The first kappa shape index (κ1) is 16.5. The number of carbonyl (C=O) groups excluding carboxylic acids is 2. The van der Waals surface area contributed by atoms with Crippen molar-refractivity contribution in [2.24, 2.45) is 5.92 Å². The van der Waals surface area contributed by atoms with Crippen LogP contribution in [0.25, 0.3) is 0 Å². The number of Topliss-reactive ketones (excluding diaryl/α,β-unsaturated/α-hetero) is 2. The van der Waals surface area contributed by atoms with Gasteiger partial charge in [0.05, 0.1) is 18.1 Å². The fourth-order valence-corrected chi connectivity index (χ4v) is 2.64. The van der Waals surface area contributed by atoms with Gasteiger partial charge in [-0.25, -0.2) is 0 Å². The summed E-state index contributed by atoms with van der Waals surface area (Å²) in [6, 6.07) is 3.50. The van der Waals surface area contributed by atoms with Gasteiger partial charge in [0.15, 0.2) is 0 Å². The molecule has 0 amide bonds. The molecular weight excluding hydrogens is 297 g/mol. The van der Waals surface area contributed by atoms with Crippen LogP contribution in [0, 0.1) is 12.8 Å². The minimum atomic E-state index is -4.44. The van der Waals surface area contributed by atoms with Crippen molar-refractivity contribution in [2.45, 2.75) is 45.4 Å². The first-order valence-electron chi connectivity index (χ1n) is 7.04. The van der Waals surface area contributed by atoms with Crippen LogP contribution >= 0.6 is 0 Å². The number of aryl methyl sites for hydroxylation is 1. The van der Waals surface area contributed by atoms with Crippen molar-refractivity contribution in [3.63, 3.8) is 0 Å². The van der Waals surface area contributed by atoms with Gasteiger partial charge >= 0.3 is 6.18 Å². The average molecular weight is 314 g/mol. The number of hydrogen-bond acceptors (Lipinski definition) is 3. The topological polar surface area (TPSA) is 43.4 Å². The van der Waals surface area contributed by atoms with Crippen LogP contribution in [0.4, 0.5) is 13.2 Å². The molecule has 0 radical (unpaired) electrons. The van der Waals surface area contributed by atoms with Gasteiger partial charge in [-0.05, 0) is 37.6 Å². The van der Waals surface area contributed by atoms with E-state index in [1.165, 1.54) is 6.07 Å². The van der Waals surface area contributed by atoms with E-state index in [9.17, 15) is 22.8 Å². The summed E-state index contributed by atoms with van der Waals surface area (Å²) in [5.74, 6) is -0.470. The lowest BCUT2D eigenvalue weighted by Gasteiger charge is -2.27. The minimum Gasteiger partial charge on any atom is -0.490 e. The fourth-order valence-electron chi connectivity index (χ4n) is 2.64. The molecule has 2 rings (SSSR count). The molecule has 0 saturated heterocycles. The third-order valence-electron chi connectivity index (χ3n) is 3.74. The number of ether oxygens (including phenoxy) is 1. The quantitative estimate of drug-likeness (QED) is 0.799. The molecule has 1 aromatic carbocycles. The van der Waals surface area contributed by atoms with E-state index in [-0.39, 0.29) is 42.5 Å². The summed E-state index contributed by atoms with van der Waals surface area (Å²) >= 11 is 0. The molecule has 1 atom stereocenters. The van der Waals surface area contributed by atoms with E-state index in [2.05, 4.69) is 0 Å². The van der Waals surface area contributed by atoms with Gasteiger partial charge in [0.25, 0.3) is 0 Å². The van der Waals surface area contributed by atoms with Gasteiger partial charge in [-0.1, -0.05) is 0 Å². The van der Waals surface area contributed by atoms with Crippen LogP contribution in [0.2, 0.25) is 0 Å². The van der Waals surface area contributed by atoms with E-state index in [1.54, 1.807) is 13.8 Å². The molecule has 0 aliphatic heterocycles. The van der Waals surface area contributed by atoms with Crippen molar-refractivity contribution in [1.29, 1.82) is 0 Å². The summed E-state index contributed by atoms with van der Waals surface area (Å²) in [5, 5.41) is 0. The van der Waals surface area contributed by atoms with Gasteiger partial charge in [0.2, 0.25) is 0 Å². The van der Waals surface area contributed by atoms with Gasteiger partial charge < -0.3 is 4.74 Å². The molecule has 0 aromatic heterocycles. The highest BCUT2D eigenvalue weighted by atomic mass is 19.4. The molecule has 0 heterocycles. The zero-order valence-corrected chi connectivity index (χ0v) is 12.4. The molecule has 22 heavy (non-hydrogen) atoms. The number of rotatable bonds is 3. The second-order valence-corrected chi connectivity index (χ2v) is 5.78. The average Bonchev–Trinajstić information content (AvgIpc) is 2.35. The van der Waals surface area contributed by atoms with E-state index in [1.807, 2.05) is 0 Å². The Morgan fingerprint density at radius 1 is 1.14 bits per heavy atom. The van der Waals surface area contributed by atoms with Gasteiger partial charge in [-0.2, -0.15) is 13.2 Å². The van der Waals surface area contributed by atoms with Crippen LogP contribution in [0.5, 0.6) is 5.75 Å². The molecule has 1 aliphatic rings. The zero-order chi connectivity index (χ0) is 16.5. The summed E-state index contributed by atoms with van der Waals surface area (Å²) in [7, 11) is 0. The van der Waals surface area contributed by atoms with Crippen molar-refractivity contribution >= 4 is 11.6 Å². The van der Waals surface area contributed by atoms with Crippen molar-refractivity contribution in [3.8, 4) is 5.75 Å². The summed E-state index contributed by atoms with van der Waals surface area (Å²) in [5.41, 5.74) is -0.335. The number of halogens is 3. The van der Waals surface area contributed by atoms with Crippen LogP contribution in [0.15, 0.2) is 18.2 Å². The number of hydrogen-bond donors (Lipinski definition) is 0. The Hall–Kier alpha value is -1.85. The normalized spacial score (nSPS) is 18.4. The molecule has 1 unspecified atom stereocenters. The minimum absolute atomic E-state index is 0.0497. The lowest BCUT2D eigenvalue weighted by molar-refractivity contribution is -0.137. The predicted molar refractivity (Wildman–Crippen MR) is 73.6 cm³/mol. The van der Waals surface area contributed by atoms with E-state index in [0.29, 0.717) is 5.56 Å². The van der Waals surface area contributed by atoms with Gasteiger partial charge in [-0.3, -0.25) is 9.59 Å². The second-order valence-electron chi connectivity index (χ2n) is 5.78. The van der Waals surface area contributed by atoms with E-state index in [0.717, 1.165) is 12.1 Å². The molecule has 1 saturated carbocycles. The maximum atomic E-state index is 12.8. The van der Waals surface area contributed by atoms with Gasteiger partial charge in [0.1, 0.15) is 17.3 Å². The first-order valence-corrected chi connectivity index (χ1v) is 7.04. The first-order chi connectivity index (χ1) is 10.1. The van der Waals surface area contributed by atoms with Gasteiger partial charge in [-0.15, -0.1) is 0 Å². The monoisotopic (exact) mass is 314 g/mol. The van der Waals surface area contributed by atoms with E-state index >= 15 is 0 Å². The number of carbonyl (C=O) groups is 2. The molecule has 1 aliphatic carbocycles. The second kappa shape index (κ2) is 6.10. The van der Waals surface area contributed by atoms with Crippen molar-refractivity contribution in [1.82, 2.24) is 0 Å². The molecule has 120 valence electrons. The van der Waals surface area contributed by atoms with Crippen molar-refractivity contribution < 1.29 is 27.5 Å². The Kier molecular flexibility index (Phi) is 4.58. The van der Waals surface area contributed by atoms with Crippen LogP contribution in [-0.2, 0) is 15.8 Å². The molecular formula is C16H17F3O3. The summed E-state index contributed by atoms with van der Waals surface area (Å²) in [6.07, 6.45) is -4.54. The van der Waals surface area contributed by atoms with Crippen molar-refractivity contribution in [3.05, 3.63) is 29.3 Å². The Bertz CT molecular complexity index is 577. The molecule has 0 spiro atoms. The smallest absolute Gasteiger partial charge is 0.416 e. The lowest BCUT2D eigenvalue weighted by Crippen LogP contribution is -2.33. The third kappa shape index (κ3) is 4.08. The SMILES string of the molecule is Cc1cc(OC(C)C2CC(=O)CC(=O)C2)cc(C(F)(F)F)c1. The number of alkyl halides is 3. The van der Waals surface area contributed by atoms with Crippen LogP contribution in [0.3, 0.4) is 0 Å². The Morgan fingerprint density at radius 3 is 2.27 bits per heavy atom. The Morgan fingerprint density at radius 2 is 1.73 bits per heavy atom. The van der Waals surface area contributed by atoms with Crippen molar-refractivity contribution in [2.75, 3.05) is 0 Å². The number of ketones is 2. The van der Waals surface area contributed by atoms with Gasteiger partial charge in [0, 0.05) is 18.8 Å². The molecule has 3 nitrogen and oxygen atoms in total. The highest BCUT2D eigenvalue weighted by molar-refractivity contribution is 6.01. The highest BCUT2D eigenvalue weighted by Crippen LogP contribution is 2.33. The van der Waals surface area contributed by atoms with Crippen LogP contribution < -0.4 is 4.74 Å². The summed E-state index contributed by atoms with van der Waals surface area (Å²) < 4.78 is 44.0. The molecule has 1 aromatic rings. The van der Waals surface area contributed by atoms with Crippen LogP contribution in [0.1, 0.15) is 37.3 Å². The Balaban J connectivity index is 2.14. The maximum absolute atomic E-state index is 12.8. The highest BCUT2D eigenvalue weighted by Gasteiger charge is 2.33. The largest absolute Gasteiger partial charge is 0.490 e. The molecule has 0 bridgehead atoms. The molecule has 6 heteroatoms. The van der Waals surface area contributed by atoms with E-state index < -0.39 is 17.8 Å². The van der Waals surface area contributed by atoms with E-state index in [4.69, 9.17) is 4.74 Å². The predicted octanol–water partition coefficient (Wildman–Crippen LogP) is 3.72. The zero-order valence-electron chi connectivity index (χ0n) is 12.4. The number of benzene rings is 1. The summed E-state index contributed by atoms with van der Waals surface area (Å²) in [6.45, 7) is 3.23. The Labute approximate surface area is 126 Å². The van der Waals surface area contributed by atoms with Crippen LogP contribution in [-0.4, -0.2) is 17.7 Å². The third-order valence-corrected chi connectivity index (χ3v) is 3.74. The standard InChI is InChI=1S/C16H17F3O3/c1-9-3-12(16(17,18)19)7-15(4-9)22-10(2)11-5-13(20)8-14(21)6-11/h3-4,7,10-11H,5-6,8H2,1-2H3.